The van der Waals surface area contributed by atoms with Gasteiger partial charge in [0.15, 0.2) is 5.65 Å². The summed E-state index contributed by atoms with van der Waals surface area (Å²) in [6.45, 7) is 1.58. The molecular weight excluding hydrogens is 246 g/mol. The fourth-order valence-electron chi connectivity index (χ4n) is 1.74. The van der Waals surface area contributed by atoms with Gasteiger partial charge in [0.2, 0.25) is 5.91 Å². The molecule has 7 heteroatoms. The minimum Gasteiger partial charge on any atom is -0.355 e. The van der Waals surface area contributed by atoms with Gasteiger partial charge in [0.25, 0.3) is 0 Å². The number of rotatable bonds is 6. The van der Waals surface area contributed by atoms with Gasteiger partial charge in [0.1, 0.15) is 0 Å². The van der Waals surface area contributed by atoms with E-state index in [0.717, 1.165) is 6.54 Å². The number of fused-ring (bicyclic) bond motifs is 1. The lowest BCUT2D eigenvalue weighted by Gasteiger charge is -2.03. The van der Waals surface area contributed by atoms with E-state index in [9.17, 15) is 9.59 Å². The quantitative estimate of drug-likeness (QED) is 0.670. The smallest absolute Gasteiger partial charge is 0.350 e. The summed E-state index contributed by atoms with van der Waals surface area (Å²) in [4.78, 5) is 23.5. The first-order valence-electron chi connectivity index (χ1n) is 6.18. The van der Waals surface area contributed by atoms with Crippen LogP contribution in [-0.4, -0.2) is 40.2 Å². The van der Waals surface area contributed by atoms with Crippen LogP contribution in [0.1, 0.15) is 6.42 Å². The maximum Gasteiger partial charge on any atom is 0.350 e. The van der Waals surface area contributed by atoms with E-state index in [4.69, 9.17) is 0 Å². The summed E-state index contributed by atoms with van der Waals surface area (Å²) in [6.07, 6.45) is 1.90. The van der Waals surface area contributed by atoms with E-state index < -0.39 is 0 Å². The molecule has 0 aromatic carbocycles. The van der Waals surface area contributed by atoms with Crippen molar-refractivity contribution in [2.45, 2.75) is 13.0 Å². The summed E-state index contributed by atoms with van der Waals surface area (Å²) in [6, 6.07) is 5.34. The molecule has 0 spiro atoms. The number of nitrogens with zero attached hydrogens (tertiary/aromatic N) is 3. The summed E-state index contributed by atoms with van der Waals surface area (Å²) in [5, 5.41) is 9.85. The van der Waals surface area contributed by atoms with E-state index in [1.165, 1.54) is 9.08 Å². The highest BCUT2D eigenvalue weighted by molar-refractivity contribution is 5.75. The number of hydrogen-bond donors (Lipinski definition) is 2. The highest BCUT2D eigenvalue weighted by atomic mass is 16.2. The Balaban J connectivity index is 1.96. The lowest BCUT2D eigenvalue weighted by Crippen LogP contribution is -2.32. The first-order valence-corrected chi connectivity index (χ1v) is 6.18. The second kappa shape index (κ2) is 6.14. The molecule has 0 fully saturated rings. The van der Waals surface area contributed by atoms with Crippen LogP contribution >= 0.6 is 0 Å². The average molecular weight is 263 g/mol. The molecule has 2 aromatic heterocycles. The van der Waals surface area contributed by atoms with Crippen molar-refractivity contribution in [3.63, 3.8) is 0 Å². The van der Waals surface area contributed by atoms with E-state index in [2.05, 4.69) is 15.7 Å². The lowest BCUT2D eigenvalue weighted by molar-refractivity contribution is -0.121. The third-order valence-corrected chi connectivity index (χ3v) is 2.74. The first-order chi connectivity index (χ1) is 9.22. The van der Waals surface area contributed by atoms with Gasteiger partial charge in [-0.15, -0.1) is 5.10 Å². The van der Waals surface area contributed by atoms with Crippen LogP contribution in [0.3, 0.4) is 0 Å². The lowest BCUT2D eigenvalue weighted by atomic mass is 10.4. The Morgan fingerprint density at radius 1 is 1.37 bits per heavy atom. The van der Waals surface area contributed by atoms with Crippen molar-refractivity contribution >= 4 is 11.6 Å². The van der Waals surface area contributed by atoms with Crippen LogP contribution in [0, 0.1) is 0 Å². The minimum absolute atomic E-state index is 0.0841. The molecule has 0 radical (unpaired) electrons. The van der Waals surface area contributed by atoms with Gasteiger partial charge in [0, 0.05) is 25.7 Å². The zero-order valence-electron chi connectivity index (χ0n) is 10.8. The van der Waals surface area contributed by atoms with Crippen LogP contribution in [0.4, 0.5) is 0 Å². The summed E-state index contributed by atoms with van der Waals surface area (Å²) in [5.41, 5.74) is 0.363. The molecule has 2 rings (SSSR count). The molecule has 0 saturated heterocycles. The molecule has 0 bridgehead atoms. The maximum atomic E-state index is 11.9. The minimum atomic E-state index is -0.223. The molecule has 2 heterocycles. The van der Waals surface area contributed by atoms with Gasteiger partial charge in [-0.3, -0.25) is 9.20 Å². The van der Waals surface area contributed by atoms with Crippen LogP contribution in [0.5, 0.6) is 0 Å². The largest absolute Gasteiger partial charge is 0.355 e. The standard InChI is InChI=1S/C12H17N5O2/c1-13-6-7-14-11(18)5-9-17-12(19)16-8-3-2-4-10(16)15-17/h2-4,8,13H,5-7,9H2,1H3,(H,14,18). The van der Waals surface area contributed by atoms with Crippen LogP contribution in [0.25, 0.3) is 5.65 Å². The van der Waals surface area contributed by atoms with Crippen molar-refractivity contribution < 1.29 is 4.79 Å². The Morgan fingerprint density at radius 3 is 2.95 bits per heavy atom. The molecule has 0 aliphatic heterocycles. The molecule has 0 unspecified atom stereocenters. The number of nitrogens with one attached hydrogen (secondary N) is 2. The van der Waals surface area contributed by atoms with Crippen molar-refractivity contribution in [3.05, 3.63) is 34.9 Å². The highest BCUT2D eigenvalue weighted by Crippen LogP contribution is 1.95. The first kappa shape index (κ1) is 13.3. The summed E-state index contributed by atoms with van der Waals surface area (Å²) < 4.78 is 2.77. The highest BCUT2D eigenvalue weighted by Gasteiger charge is 2.07. The van der Waals surface area contributed by atoms with Crippen LogP contribution in [-0.2, 0) is 11.3 Å². The summed E-state index contributed by atoms with van der Waals surface area (Å²) in [7, 11) is 1.82. The zero-order valence-corrected chi connectivity index (χ0v) is 10.8. The van der Waals surface area contributed by atoms with Gasteiger partial charge in [-0.05, 0) is 19.2 Å². The van der Waals surface area contributed by atoms with Crippen molar-refractivity contribution in [1.29, 1.82) is 0 Å². The molecule has 0 saturated carbocycles. The second-order valence-electron chi connectivity index (χ2n) is 4.14. The van der Waals surface area contributed by atoms with E-state index in [1.807, 2.05) is 13.1 Å². The molecular formula is C12H17N5O2. The van der Waals surface area contributed by atoms with Gasteiger partial charge < -0.3 is 10.6 Å². The van der Waals surface area contributed by atoms with Crippen LogP contribution in [0.2, 0.25) is 0 Å². The molecule has 0 aliphatic rings. The Bertz CT molecular complexity index is 616. The predicted octanol–water partition coefficient (Wildman–Crippen LogP) is -0.778. The van der Waals surface area contributed by atoms with Gasteiger partial charge in [-0.25, -0.2) is 9.48 Å². The fourth-order valence-corrected chi connectivity index (χ4v) is 1.74. The number of pyridine rings is 1. The average Bonchev–Trinajstić information content (AvgIpc) is 2.74. The Kier molecular flexibility index (Phi) is 4.30. The number of likely N-dealkylation sites (N-methyl/N-ethyl adjacent to an activating group) is 1. The Morgan fingerprint density at radius 2 is 2.21 bits per heavy atom. The van der Waals surface area contributed by atoms with E-state index in [1.54, 1.807) is 18.3 Å². The van der Waals surface area contributed by atoms with Gasteiger partial charge in [-0.2, -0.15) is 0 Å². The van der Waals surface area contributed by atoms with E-state index in [-0.39, 0.29) is 24.6 Å². The fraction of sp³-hybridized carbons (Fsp3) is 0.417. The Hall–Kier alpha value is -2.15. The van der Waals surface area contributed by atoms with Crippen molar-refractivity contribution in [2.24, 2.45) is 0 Å². The topological polar surface area (TPSA) is 80.4 Å². The molecule has 102 valence electrons. The molecule has 2 aromatic rings. The van der Waals surface area contributed by atoms with E-state index >= 15 is 0 Å². The second-order valence-corrected chi connectivity index (χ2v) is 4.14. The summed E-state index contributed by atoms with van der Waals surface area (Å²) >= 11 is 0. The number of hydrogen-bond acceptors (Lipinski definition) is 4. The van der Waals surface area contributed by atoms with Gasteiger partial charge >= 0.3 is 5.69 Å². The number of aromatic nitrogens is 3. The third-order valence-electron chi connectivity index (χ3n) is 2.74. The van der Waals surface area contributed by atoms with Crippen molar-refractivity contribution in [1.82, 2.24) is 24.8 Å². The maximum absolute atomic E-state index is 11.9. The van der Waals surface area contributed by atoms with Gasteiger partial charge in [0.05, 0.1) is 6.54 Å². The SMILES string of the molecule is CNCCNC(=O)CCn1nc2ccccn2c1=O. The van der Waals surface area contributed by atoms with Crippen molar-refractivity contribution in [2.75, 3.05) is 20.1 Å². The molecule has 1 amide bonds. The summed E-state index contributed by atoms with van der Waals surface area (Å²) in [5.74, 6) is -0.0841. The monoisotopic (exact) mass is 263 g/mol. The predicted molar refractivity (Wildman–Crippen MR) is 71.0 cm³/mol. The van der Waals surface area contributed by atoms with Crippen molar-refractivity contribution in [3.8, 4) is 0 Å². The zero-order chi connectivity index (χ0) is 13.7. The normalized spacial score (nSPS) is 10.8. The van der Waals surface area contributed by atoms with Crippen LogP contribution < -0.4 is 16.3 Å². The number of aryl methyl sites for hydroxylation is 1. The molecule has 19 heavy (non-hydrogen) atoms. The Labute approximate surface area is 110 Å². The molecule has 2 N–H and O–H groups in total. The molecule has 0 aliphatic carbocycles. The number of carbonyl (C=O) groups excluding carboxylic acids is 1. The molecule has 7 nitrogen and oxygen atoms in total. The number of carbonyl (C=O) groups is 1. The number of amides is 1. The van der Waals surface area contributed by atoms with E-state index in [0.29, 0.717) is 12.2 Å². The van der Waals surface area contributed by atoms with Crippen LogP contribution in [0.15, 0.2) is 29.2 Å². The molecule has 0 atom stereocenters. The van der Waals surface area contributed by atoms with Gasteiger partial charge in [-0.1, -0.05) is 6.07 Å². The third kappa shape index (κ3) is 3.19.